The van der Waals surface area contributed by atoms with Gasteiger partial charge >= 0.3 is 6.18 Å². The molecule has 28 heavy (non-hydrogen) atoms. The molecule has 3 aromatic rings. The van der Waals surface area contributed by atoms with E-state index in [1.165, 1.54) is 26.3 Å². The molecule has 0 saturated heterocycles. The summed E-state index contributed by atoms with van der Waals surface area (Å²) in [5.41, 5.74) is 5.37. The monoisotopic (exact) mass is 412 g/mol. The summed E-state index contributed by atoms with van der Waals surface area (Å²) in [6.45, 7) is 0. The molecular formula is C17H16ClF3N6O. The minimum absolute atomic E-state index is 0.0161. The molecule has 0 aliphatic heterocycles. The van der Waals surface area contributed by atoms with Gasteiger partial charge in [0.15, 0.2) is 0 Å². The fraction of sp³-hybridized carbons (Fsp3) is 0.235. The lowest BCUT2D eigenvalue weighted by Gasteiger charge is -2.18. The Kier molecular flexibility index (Phi) is 5.07. The highest BCUT2D eigenvalue weighted by atomic mass is 35.5. The molecule has 2 aromatic heterocycles. The molecule has 11 heteroatoms. The van der Waals surface area contributed by atoms with Crippen LogP contribution in [0.15, 0.2) is 24.7 Å². The van der Waals surface area contributed by atoms with Gasteiger partial charge in [0, 0.05) is 25.2 Å². The molecule has 0 spiro atoms. The number of hydrogen-bond acceptors (Lipinski definition) is 6. The zero-order chi connectivity index (χ0) is 20.6. The van der Waals surface area contributed by atoms with Crippen LogP contribution >= 0.6 is 11.6 Å². The standard InChI is InChI=1S/C17H16ClF3N6O/c1-23-15-13(17(19,20)21)14(25-16(22)26-15)8-5-12(28-3)9(4-10(8)18)11-6-24-7-27(11)2/h4-7H,1-3H3,(H3,22,23,25,26). The van der Waals surface area contributed by atoms with E-state index in [2.05, 4.69) is 20.3 Å². The van der Waals surface area contributed by atoms with Crippen molar-refractivity contribution in [1.29, 1.82) is 0 Å². The van der Waals surface area contributed by atoms with E-state index in [-0.39, 0.29) is 16.5 Å². The predicted molar refractivity (Wildman–Crippen MR) is 100 cm³/mol. The molecule has 0 fully saturated rings. The van der Waals surface area contributed by atoms with Gasteiger partial charge < -0.3 is 20.4 Å². The van der Waals surface area contributed by atoms with Crippen molar-refractivity contribution in [3.63, 3.8) is 0 Å². The Labute approximate surface area is 163 Å². The van der Waals surface area contributed by atoms with E-state index in [9.17, 15) is 13.2 Å². The maximum atomic E-state index is 13.7. The van der Waals surface area contributed by atoms with Gasteiger partial charge in [-0.1, -0.05) is 11.6 Å². The van der Waals surface area contributed by atoms with E-state index < -0.39 is 23.3 Å². The smallest absolute Gasteiger partial charge is 0.422 e. The molecule has 0 aliphatic rings. The Balaban J connectivity index is 2.31. The lowest BCUT2D eigenvalue weighted by atomic mass is 10.0. The number of aryl methyl sites for hydroxylation is 1. The Morgan fingerprint density at radius 1 is 1.21 bits per heavy atom. The van der Waals surface area contributed by atoms with E-state index in [0.29, 0.717) is 17.0 Å². The highest BCUT2D eigenvalue weighted by molar-refractivity contribution is 6.33. The summed E-state index contributed by atoms with van der Waals surface area (Å²) >= 11 is 6.36. The number of benzene rings is 1. The van der Waals surface area contributed by atoms with Crippen LogP contribution in [0.3, 0.4) is 0 Å². The van der Waals surface area contributed by atoms with Gasteiger partial charge in [-0.25, -0.2) is 9.97 Å². The molecule has 0 bridgehead atoms. The summed E-state index contributed by atoms with van der Waals surface area (Å²) in [4.78, 5) is 11.5. The molecule has 2 heterocycles. The van der Waals surface area contributed by atoms with Gasteiger partial charge in [0.25, 0.3) is 0 Å². The number of aromatic nitrogens is 4. The van der Waals surface area contributed by atoms with Crippen molar-refractivity contribution in [2.75, 3.05) is 25.2 Å². The van der Waals surface area contributed by atoms with Crippen molar-refractivity contribution < 1.29 is 17.9 Å². The Hall–Kier alpha value is -3.01. The van der Waals surface area contributed by atoms with Gasteiger partial charge in [0.05, 0.1) is 36.0 Å². The number of nitrogens with zero attached hydrogens (tertiary/aromatic N) is 4. The molecule has 3 N–H and O–H groups in total. The largest absolute Gasteiger partial charge is 0.496 e. The van der Waals surface area contributed by atoms with Crippen LogP contribution in [-0.4, -0.2) is 33.7 Å². The van der Waals surface area contributed by atoms with E-state index in [1.807, 2.05) is 0 Å². The number of alkyl halides is 3. The molecule has 1 aromatic carbocycles. The first-order chi connectivity index (χ1) is 13.2. The first-order valence-corrected chi connectivity index (χ1v) is 8.32. The number of anilines is 2. The third-order valence-electron chi connectivity index (χ3n) is 4.08. The maximum Gasteiger partial charge on any atom is 0.422 e. The third kappa shape index (κ3) is 3.42. The van der Waals surface area contributed by atoms with Gasteiger partial charge in [0.1, 0.15) is 17.1 Å². The molecule has 0 aliphatic carbocycles. The van der Waals surface area contributed by atoms with Gasteiger partial charge in [-0.2, -0.15) is 18.2 Å². The number of nitrogens with two attached hydrogens (primary N) is 1. The average Bonchev–Trinajstić information content (AvgIpc) is 3.05. The van der Waals surface area contributed by atoms with Crippen LogP contribution in [0.4, 0.5) is 24.9 Å². The third-order valence-corrected chi connectivity index (χ3v) is 4.40. The molecule has 0 amide bonds. The lowest BCUT2D eigenvalue weighted by Crippen LogP contribution is -2.15. The van der Waals surface area contributed by atoms with E-state index >= 15 is 0 Å². The summed E-state index contributed by atoms with van der Waals surface area (Å²) < 4.78 is 48.3. The van der Waals surface area contributed by atoms with Crippen molar-refractivity contribution in [3.05, 3.63) is 35.2 Å². The summed E-state index contributed by atoms with van der Waals surface area (Å²) in [7, 11) is 4.50. The number of rotatable bonds is 4. The summed E-state index contributed by atoms with van der Waals surface area (Å²) in [5.74, 6) is -0.460. The number of hydrogen-bond donors (Lipinski definition) is 2. The number of nitrogen functional groups attached to an aromatic ring is 1. The van der Waals surface area contributed by atoms with Crippen LogP contribution in [0, 0.1) is 0 Å². The van der Waals surface area contributed by atoms with Crippen LogP contribution in [0.5, 0.6) is 5.75 Å². The summed E-state index contributed by atoms with van der Waals surface area (Å²) in [6, 6.07) is 2.89. The van der Waals surface area contributed by atoms with Crippen LogP contribution in [0.2, 0.25) is 5.02 Å². The first-order valence-electron chi connectivity index (χ1n) is 7.94. The van der Waals surface area contributed by atoms with Crippen LogP contribution in [0.1, 0.15) is 5.56 Å². The summed E-state index contributed by atoms with van der Waals surface area (Å²) in [6.07, 6.45) is -1.56. The first kappa shape index (κ1) is 19.7. The highest BCUT2D eigenvalue weighted by Crippen LogP contribution is 2.45. The molecule has 0 unspecified atom stereocenters. The normalized spacial score (nSPS) is 11.5. The van der Waals surface area contributed by atoms with E-state index in [1.54, 1.807) is 24.1 Å². The number of imidazole rings is 1. The number of nitrogens with one attached hydrogen (secondary N) is 1. The van der Waals surface area contributed by atoms with Crippen LogP contribution < -0.4 is 15.8 Å². The van der Waals surface area contributed by atoms with Gasteiger partial charge in [0.2, 0.25) is 5.95 Å². The maximum absolute atomic E-state index is 13.7. The Bertz CT molecular complexity index is 1030. The van der Waals surface area contributed by atoms with E-state index in [0.717, 1.165) is 0 Å². The molecule has 0 atom stereocenters. The van der Waals surface area contributed by atoms with Crippen LogP contribution in [-0.2, 0) is 13.2 Å². The quantitative estimate of drug-likeness (QED) is 0.676. The molecule has 0 radical (unpaired) electrons. The Morgan fingerprint density at radius 2 is 1.93 bits per heavy atom. The van der Waals surface area contributed by atoms with Crippen molar-refractivity contribution in [3.8, 4) is 28.3 Å². The Morgan fingerprint density at radius 3 is 2.46 bits per heavy atom. The molecule has 0 saturated carbocycles. The fourth-order valence-electron chi connectivity index (χ4n) is 2.84. The van der Waals surface area contributed by atoms with Gasteiger partial charge in [-0.05, 0) is 12.1 Å². The average molecular weight is 413 g/mol. The molecule has 148 valence electrons. The highest BCUT2D eigenvalue weighted by Gasteiger charge is 2.39. The minimum Gasteiger partial charge on any atom is -0.496 e. The lowest BCUT2D eigenvalue weighted by molar-refractivity contribution is -0.136. The second kappa shape index (κ2) is 7.19. The molecule has 3 rings (SSSR count). The minimum atomic E-state index is -4.74. The fourth-order valence-corrected chi connectivity index (χ4v) is 3.10. The van der Waals surface area contributed by atoms with Crippen molar-refractivity contribution in [1.82, 2.24) is 19.5 Å². The second-order valence-electron chi connectivity index (χ2n) is 5.82. The van der Waals surface area contributed by atoms with Gasteiger partial charge in [-0.15, -0.1) is 0 Å². The summed E-state index contributed by atoms with van der Waals surface area (Å²) in [5, 5.41) is 2.45. The van der Waals surface area contributed by atoms with Crippen molar-refractivity contribution in [2.24, 2.45) is 7.05 Å². The van der Waals surface area contributed by atoms with Crippen molar-refractivity contribution in [2.45, 2.75) is 6.18 Å². The zero-order valence-corrected chi connectivity index (χ0v) is 15.9. The number of methoxy groups -OCH3 is 1. The van der Waals surface area contributed by atoms with Crippen molar-refractivity contribution >= 4 is 23.4 Å². The molecule has 7 nitrogen and oxygen atoms in total. The number of halogens is 4. The topological polar surface area (TPSA) is 90.9 Å². The zero-order valence-electron chi connectivity index (χ0n) is 15.1. The predicted octanol–water partition coefficient (Wildman–Crippen LogP) is 3.85. The SMILES string of the molecule is CNc1nc(N)nc(-c2cc(OC)c(-c3cncn3C)cc2Cl)c1C(F)(F)F. The number of ether oxygens (including phenoxy) is 1. The second-order valence-corrected chi connectivity index (χ2v) is 6.23. The molecular weight excluding hydrogens is 397 g/mol. The van der Waals surface area contributed by atoms with Crippen LogP contribution in [0.25, 0.3) is 22.5 Å². The van der Waals surface area contributed by atoms with Gasteiger partial charge in [-0.3, -0.25) is 0 Å². The van der Waals surface area contributed by atoms with E-state index in [4.69, 9.17) is 22.1 Å².